The molecule has 2 heteroatoms. The lowest BCUT2D eigenvalue weighted by Crippen LogP contribution is -2.40. The number of thiophene rings is 1. The summed E-state index contributed by atoms with van der Waals surface area (Å²) in [6.07, 6.45) is 1.24. The molecule has 1 aromatic rings. The van der Waals surface area contributed by atoms with Gasteiger partial charge in [-0.15, -0.1) is 0 Å². The van der Waals surface area contributed by atoms with Gasteiger partial charge in [-0.05, 0) is 40.1 Å². The molecule has 0 aromatic carbocycles. The van der Waals surface area contributed by atoms with Crippen molar-refractivity contribution in [1.29, 1.82) is 0 Å². The van der Waals surface area contributed by atoms with Gasteiger partial charge in [0.05, 0.1) is 0 Å². The van der Waals surface area contributed by atoms with Gasteiger partial charge in [-0.2, -0.15) is 11.3 Å². The standard InChI is InChI=1S/C14H25NS/c1-11(2)8-13(14(3,4)5)15-9-12-6-7-16-10-12/h6-7,10-11,13,15H,8-9H2,1-5H3. The zero-order valence-electron chi connectivity index (χ0n) is 11.2. The molecule has 0 amide bonds. The lowest BCUT2D eigenvalue weighted by Gasteiger charge is -2.33. The van der Waals surface area contributed by atoms with Gasteiger partial charge >= 0.3 is 0 Å². The first-order valence-corrected chi connectivity index (χ1v) is 7.08. The van der Waals surface area contributed by atoms with E-state index in [1.165, 1.54) is 12.0 Å². The maximum Gasteiger partial charge on any atom is 0.0216 e. The average Bonchev–Trinajstić information content (AvgIpc) is 2.62. The van der Waals surface area contributed by atoms with Crippen LogP contribution in [0.2, 0.25) is 0 Å². The van der Waals surface area contributed by atoms with Crippen LogP contribution in [0.25, 0.3) is 0 Å². The van der Waals surface area contributed by atoms with Crippen LogP contribution in [0.15, 0.2) is 16.8 Å². The van der Waals surface area contributed by atoms with E-state index in [2.05, 4.69) is 56.8 Å². The van der Waals surface area contributed by atoms with Gasteiger partial charge in [-0.3, -0.25) is 0 Å². The molecule has 1 heterocycles. The lowest BCUT2D eigenvalue weighted by atomic mass is 9.82. The van der Waals surface area contributed by atoms with Crippen LogP contribution in [0.4, 0.5) is 0 Å². The molecule has 0 fully saturated rings. The minimum absolute atomic E-state index is 0.334. The zero-order chi connectivity index (χ0) is 12.2. The lowest BCUT2D eigenvalue weighted by molar-refractivity contribution is 0.232. The SMILES string of the molecule is CC(C)CC(NCc1ccsc1)C(C)(C)C. The fourth-order valence-electron chi connectivity index (χ4n) is 1.85. The monoisotopic (exact) mass is 239 g/mol. The largest absolute Gasteiger partial charge is 0.309 e. The molecule has 1 rings (SSSR count). The molecule has 0 radical (unpaired) electrons. The number of rotatable bonds is 5. The Morgan fingerprint density at radius 1 is 1.31 bits per heavy atom. The van der Waals surface area contributed by atoms with E-state index in [4.69, 9.17) is 0 Å². The molecule has 0 bridgehead atoms. The number of nitrogens with one attached hydrogen (secondary N) is 1. The fraction of sp³-hybridized carbons (Fsp3) is 0.714. The van der Waals surface area contributed by atoms with Gasteiger partial charge in [-0.1, -0.05) is 34.6 Å². The summed E-state index contributed by atoms with van der Waals surface area (Å²) in [5, 5.41) is 8.07. The van der Waals surface area contributed by atoms with Crippen LogP contribution in [-0.4, -0.2) is 6.04 Å². The fourth-order valence-corrected chi connectivity index (χ4v) is 2.52. The Balaban J connectivity index is 2.50. The Bertz CT molecular complexity index is 282. The summed E-state index contributed by atoms with van der Waals surface area (Å²) in [5.41, 5.74) is 1.74. The second-order valence-corrected chi connectivity index (χ2v) is 6.84. The summed E-state index contributed by atoms with van der Waals surface area (Å²) >= 11 is 1.77. The second kappa shape index (κ2) is 5.83. The topological polar surface area (TPSA) is 12.0 Å². The third kappa shape index (κ3) is 4.67. The smallest absolute Gasteiger partial charge is 0.0216 e. The van der Waals surface area contributed by atoms with Crippen LogP contribution in [-0.2, 0) is 6.54 Å². The van der Waals surface area contributed by atoms with Crippen molar-refractivity contribution in [3.05, 3.63) is 22.4 Å². The molecule has 0 aliphatic heterocycles. The van der Waals surface area contributed by atoms with E-state index < -0.39 is 0 Å². The third-order valence-corrected chi connectivity index (χ3v) is 3.62. The van der Waals surface area contributed by atoms with E-state index in [1.807, 2.05) is 0 Å². The van der Waals surface area contributed by atoms with Crippen LogP contribution in [0.1, 0.15) is 46.6 Å². The van der Waals surface area contributed by atoms with Crippen LogP contribution < -0.4 is 5.32 Å². The number of hydrogen-bond donors (Lipinski definition) is 1. The Morgan fingerprint density at radius 3 is 2.44 bits per heavy atom. The molecule has 1 atom stereocenters. The van der Waals surface area contributed by atoms with Crippen molar-refractivity contribution in [2.24, 2.45) is 11.3 Å². The Labute approximate surface area is 104 Å². The highest BCUT2D eigenvalue weighted by Crippen LogP contribution is 2.25. The van der Waals surface area contributed by atoms with Crippen molar-refractivity contribution in [2.75, 3.05) is 0 Å². The molecule has 0 aliphatic carbocycles. The van der Waals surface area contributed by atoms with Gasteiger partial charge in [0, 0.05) is 12.6 Å². The van der Waals surface area contributed by atoms with Crippen molar-refractivity contribution < 1.29 is 0 Å². The first-order valence-electron chi connectivity index (χ1n) is 6.14. The summed E-state index contributed by atoms with van der Waals surface area (Å²) in [4.78, 5) is 0. The summed E-state index contributed by atoms with van der Waals surface area (Å²) in [6.45, 7) is 12.6. The molecule has 16 heavy (non-hydrogen) atoms. The van der Waals surface area contributed by atoms with E-state index in [0.29, 0.717) is 11.5 Å². The van der Waals surface area contributed by atoms with E-state index in [0.717, 1.165) is 12.5 Å². The second-order valence-electron chi connectivity index (χ2n) is 6.06. The highest BCUT2D eigenvalue weighted by Gasteiger charge is 2.24. The quantitative estimate of drug-likeness (QED) is 0.808. The maximum absolute atomic E-state index is 3.70. The molecule has 0 spiro atoms. The van der Waals surface area contributed by atoms with Gasteiger partial charge in [0.1, 0.15) is 0 Å². The number of hydrogen-bond acceptors (Lipinski definition) is 2. The van der Waals surface area contributed by atoms with Gasteiger partial charge < -0.3 is 5.32 Å². The van der Waals surface area contributed by atoms with Crippen molar-refractivity contribution >= 4 is 11.3 Å². The minimum Gasteiger partial charge on any atom is -0.309 e. The summed E-state index contributed by atoms with van der Waals surface area (Å²) in [7, 11) is 0. The van der Waals surface area contributed by atoms with Crippen LogP contribution in [0, 0.1) is 11.3 Å². The first kappa shape index (κ1) is 13.7. The predicted molar refractivity (Wildman–Crippen MR) is 73.9 cm³/mol. The molecular formula is C14H25NS. The molecule has 1 aromatic heterocycles. The van der Waals surface area contributed by atoms with E-state index in [-0.39, 0.29) is 0 Å². The van der Waals surface area contributed by atoms with Crippen molar-refractivity contribution in [1.82, 2.24) is 5.32 Å². The molecule has 1 nitrogen and oxygen atoms in total. The first-order chi connectivity index (χ1) is 7.39. The molecule has 0 aliphatic rings. The van der Waals surface area contributed by atoms with E-state index in [9.17, 15) is 0 Å². The van der Waals surface area contributed by atoms with Crippen molar-refractivity contribution in [3.63, 3.8) is 0 Å². The van der Waals surface area contributed by atoms with Gasteiger partial charge in [0.2, 0.25) is 0 Å². The van der Waals surface area contributed by atoms with Crippen LogP contribution in [0.5, 0.6) is 0 Å². The van der Waals surface area contributed by atoms with Crippen molar-refractivity contribution in [2.45, 2.75) is 53.6 Å². The molecule has 92 valence electrons. The maximum atomic E-state index is 3.70. The Kier molecular flexibility index (Phi) is 5.00. The van der Waals surface area contributed by atoms with Crippen LogP contribution >= 0.6 is 11.3 Å². The molecule has 1 N–H and O–H groups in total. The van der Waals surface area contributed by atoms with Gasteiger partial charge in [-0.25, -0.2) is 0 Å². The van der Waals surface area contributed by atoms with Crippen LogP contribution in [0.3, 0.4) is 0 Å². The summed E-state index contributed by atoms with van der Waals surface area (Å²) in [6, 6.07) is 2.79. The molecular weight excluding hydrogens is 214 g/mol. The average molecular weight is 239 g/mol. The normalized spacial score (nSPS) is 14.4. The van der Waals surface area contributed by atoms with Gasteiger partial charge in [0.15, 0.2) is 0 Å². The third-order valence-electron chi connectivity index (χ3n) is 2.89. The van der Waals surface area contributed by atoms with E-state index in [1.54, 1.807) is 11.3 Å². The zero-order valence-corrected chi connectivity index (χ0v) is 12.0. The Morgan fingerprint density at radius 2 is 2.00 bits per heavy atom. The predicted octanol–water partition coefficient (Wildman–Crippen LogP) is 4.30. The van der Waals surface area contributed by atoms with Crippen molar-refractivity contribution in [3.8, 4) is 0 Å². The summed E-state index contributed by atoms with van der Waals surface area (Å²) < 4.78 is 0. The summed E-state index contributed by atoms with van der Waals surface area (Å²) in [5.74, 6) is 0.749. The van der Waals surface area contributed by atoms with Gasteiger partial charge in [0.25, 0.3) is 0 Å². The molecule has 0 saturated carbocycles. The van der Waals surface area contributed by atoms with E-state index >= 15 is 0 Å². The highest BCUT2D eigenvalue weighted by atomic mass is 32.1. The molecule has 1 unspecified atom stereocenters. The Hall–Kier alpha value is -0.340. The minimum atomic E-state index is 0.334. The molecule has 0 saturated heterocycles. The highest BCUT2D eigenvalue weighted by molar-refractivity contribution is 7.07.